The number of rotatable bonds is 5. The molecule has 1 heterocycles. The molecule has 1 aliphatic heterocycles. The summed E-state index contributed by atoms with van der Waals surface area (Å²) >= 11 is 0. The molecule has 0 amide bonds. The van der Waals surface area contributed by atoms with Crippen molar-refractivity contribution in [3.8, 4) is 5.75 Å². The number of hydrogen-bond acceptors (Lipinski definition) is 3. The molecular weight excluding hydrogens is 202 g/mol. The van der Waals surface area contributed by atoms with Crippen LogP contribution >= 0.6 is 0 Å². The Balaban J connectivity index is 1.91. The summed E-state index contributed by atoms with van der Waals surface area (Å²) in [6, 6.07) is 8.26. The normalized spacial score (nSPS) is 18.9. The standard InChI is InChI=1S/C13H19NO2/c15-8-3-7-14-10-11-6-9-16-13-5-2-1-4-12(11)13/h1-2,4-5,11,14-15H,3,6-10H2. The van der Waals surface area contributed by atoms with Crippen LogP contribution in [-0.4, -0.2) is 31.4 Å². The minimum atomic E-state index is 0.261. The first-order valence-electron chi connectivity index (χ1n) is 5.95. The van der Waals surface area contributed by atoms with Crippen LogP contribution in [-0.2, 0) is 0 Å². The van der Waals surface area contributed by atoms with E-state index in [0.717, 1.165) is 38.3 Å². The first-order valence-corrected chi connectivity index (χ1v) is 5.95. The Labute approximate surface area is 96.4 Å². The van der Waals surface area contributed by atoms with Gasteiger partial charge in [-0.15, -0.1) is 0 Å². The van der Waals surface area contributed by atoms with E-state index in [9.17, 15) is 0 Å². The van der Waals surface area contributed by atoms with Crippen molar-refractivity contribution in [2.24, 2.45) is 0 Å². The third kappa shape index (κ3) is 2.74. The molecule has 0 saturated carbocycles. The Kier molecular flexibility index (Phi) is 4.19. The zero-order valence-corrected chi connectivity index (χ0v) is 9.48. The maximum absolute atomic E-state index is 8.70. The lowest BCUT2D eigenvalue weighted by atomic mass is 9.93. The summed E-state index contributed by atoms with van der Waals surface area (Å²) in [6.45, 7) is 2.93. The zero-order valence-electron chi connectivity index (χ0n) is 9.48. The van der Waals surface area contributed by atoms with Gasteiger partial charge in [0.05, 0.1) is 6.61 Å². The largest absolute Gasteiger partial charge is 0.493 e. The molecule has 3 nitrogen and oxygen atoms in total. The summed E-state index contributed by atoms with van der Waals surface area (Å²) in [4.78, 5) is 0. The Morgan fingerprint density at radius 1 is 1.38 bits per heavy atom. The van der Waals surface area contributed by atoms with Gasteiger partial charge in [-0.2, -0.15) is 0 Å². The van der Waals surface area contributed by atoms with Crippen LogP contribution < -0.4 is 10.1 Å². The van der Waals surface area contributed by atoms with Crippen LogP contribution in [0.3, 0.4) is 0 Å². The SMILES string of the molecule is OCCCNCC1CCOc2ccccc21. The molecule has 1 aliphatic rings. The summed E-state index contributed by atoms with van der Waals surface area (Å²) in [6.07, 6.45) is 1.90. The summed E-state index contributed by atoms with van der Waals surface area (Å²) in [7, 11) is 0. The molecule has 0 aliphatic carbocycles. The molecule has 3 heteroatoms. The van der Waals surface area contributed by atoms with Gasteiger partial charge in [0.15, 0.2) is 0 Å². The van der Waals surface area contributed by atoms with Crippen molar-refractivity contribution in [3.05, 3.63) is 29.8 Å². The maximum Gasteiger partial charge on any atom is 0.122 e. The van der Waals surface area contributed by atoms with E-state index in [4.69, 9.17) is 9.84 Å². The Hall–Kier alpha value is -1.06. The minimum absolute atomic E-state index is 0.261. The van der Waals surface area contributed by atoms with Crippen molar-refractivity contribution in [2.75, 3.05) is 26.3 Å². The topological polar surface area (TPSA) is 41.5 Å². The summed E-state index contributed by atoms with van der Waals surface area (Å²) in [5.74, 6) is 1.58. The first kappa shape index (κ1) is 11.4. The van der Waals surface area contributed by atoms with E-state index in [1.807, 2.05) is 12.1 Å². The first-order chi connectivity index (χ1) is 7.92. The van der Waals surface area contributed by atoms with Crippen molar-refractivity contribution in [3.63, 3.8) is 0 Å². The Bertz CT molecular complexity index is 327. The molecule has 1 aromatic rings. The van der Waals surface area contributed by atoms with E-state index in [0.29, 0.717) is 5.92 Å². The highest BCUT2D eigenvalue weighted by Gasteiger charge is 2.20. The average Bonchev–Trinajstić information content (AvgIpc) is 2.35. The van der Waals surface area contributed by atoms with Crippen molar-refractivity contribution in [2.45, 2.75) is 18.8 Å². The van der Waals surface area contributed by atoms with Crippen molar-refractivity contribution < 1.29 is 9.84 Å². The number of aliphatic hydroxyl groups excluding tert-OH is 1. The van der Waals surface area contributed by atoms with E-state index in [1.54, 1.807) is 0 Å². The van der Waals surface area contributed by atoms with E-state index >= 15 is 0 Å². The average molecular weight is 221 g/mol. The Morgan fingerprint density at radius 2 is 2.25 bits per heavy atom. The zero-order chi connectivity index (χ0) is 11.2. The molecule has 16 heavy (non-hydrogen) atoms. The van der Waals surface area contributed by atoms with Crippen molar-refractivity contribution in [1.29, 1.82) is 0 Å². The fourth-order valence-corrected chi connectivity index (χ4v) is 2.11. The predicted molar refractivity (Wildman–Crippen MR) is 63.9 cm³/mol. The molecule has 1 aromatic carbocycles. The second-order valence-corrected chi connectivity index (χ2v) is 4.15. The van der Waals surface area contributed by atoms with Gasteiger partial charge in [-0.05, 0) is 31.0 Å². The molecule has 0 bridgehead atoms. The lowest BCUT2D eigenvalue weighted by Crippen LogP contribution is -2.26. The highest BCUT2D eigenvalue weighted by atomic mass is 16.5. The molecule has 1 unspecified atom stereocenters. The van der Waals surface area contributed by atoms with Gasteiger partial charge in [-0.1, -0.05) is 18.2 Å². The van der Waals surface area contributed by atoms with Gasteiger partial charge in [0.1, 0.15) is 5.75 Å². The lowest BCUT2D eigenvalue weighted by Gasteiger charge is -2.26. The third-order valence-electron chi connectivity index (χ3n) is 2.99. The van der Waals surface area contributed by atoms with Crippen molar-refractivity contribution >= 4 is 0 Å². The number of hydrogen-bond donors (Lipinski definition) is 2. The van der Waals surface area contributed by atoms with Gasteiger partial charge in [0.25, 0.3) is 0 Å². The molecule has 0 fully saturated rings. The molecule has 1 atom stereocenters. The smallest absolute Gasteiger partial charge is 0.122 e. The van der Waals surface area contributed by atoms with Crippen LogP contribution in [0.4, 0.5) is 0 Å². The number of nitrogens with one attached hydrogen (secondary N) is 1. The van der Waals surface area contributed by atoms with Gasteiger partial charge in [-0.3, -0.25) is 0 Å². The van der Waals surface area contributed by atoms with Crippen molar-refractivity contribution in [1.82, 2.24) is 5.32 Å². The number of benzene rings is 1. The number of fused-ring (bicyclic) bond motifs is 1. The van der Waals surface area contributed by atoms with Crippen LogP contribution in [0.2, 0.25) is 0 Å². The summed E-state index contributed by atoms with van der Waals surface area (Å²) in [5.41, 5.74) is 1.31. The third-order valence-corrected chi connectivity index (χ3v) is 2.99. The lowest BCUT2D eigenvalue weighted by molar-refractivity contribution is 0.261. The highest BCUT2D eigenvalue weighted by Crippen LogP contribution is 2.32. The second kappa shape index (κ2) is 5.87. The quantitative estimate of drug-likeness (QED) is 0.741. The molecule has 0 radical (unpaired) electrons. The summed E-state index contributed by atoms with van der Waals surface area (Å²) < 4.78 is 5.61. The number of aliphatic hydroxyl groups is 1. The highest BCUT2D eigenvalue weighted by molar-refractivity contribution is 5.37. The second-order valence-electron chi connectivity index (χ2n) is 4.15. The molecular formula is C13H19NO2. The van der Waals surface area contributed by atoms with E-state index in [-0.39, 0.29) is 6.61 Å². The van der Waals surface area contributed by atoms with Gasteiger partial charge >= 0.3 is 0 Å². The molecule has 0 spiro atoms. The molecule has 88 valence electrons. The predicted octanol–water partition coefficient (Wildman–Crippen LogP) is 1.52. The maximum atomic E-state index is 8.70. The molecule has 2 N–H and O–H groups in total. The molecule has 0 saturated heterocycles. The minimum Gasteiger partial charge on any atom is -0.493 e. The van der Waals surface area contributed by atoms with Gasteiger partial charge < -0.3 is 15.2 Å². The Morgan fingerprint density at radius 3 is 3.12 bits per heavy atom. The number of para-hydroxylation sites is 1. The van der Waals surface area contributed by atoms with Gasteiger partial charge in [0.2, 0.25) is 0 Å². The monoisotopic (exact) mass is 221 g/mol. The van der Waals surface area contributed by atoms with E-state index in [2.05, 4.69) is 17.4 Å². The fourth-order valence-electron chi connectivity index (χ4n) is 2.11. The van der Waals surface area contributed by atoms with Gasteiger partial charge in [-0.25, -0.2) is 0 Å². The van der Waals surface area contributed by atoms with E-state index < -0.39 is 0 Å². The van der Waals surface area contributed by atoms with Crippen LogP contribution in [0.1, 0.15) is 24.3 Å². The van der Waals surface area contributed by atoms with Crippen LogP contribution in [0, 0.1) is 0 Å². The summed E-state index contributed by atoms with van der Waals surface area (Å²) in [5, 5.41) is 12.1. The molecule has 0 aromatic heterocycles. The van der Waals surface area contributed by atoms with E-state index in [1.165, 1.54) is 5.56 Å². The molecule has 2 rings (SSSR count). The fraction of sp³-hybridized carbons (Fsp3) is 0.538. The van der Waals surface area contributed by atoms with Crippen LogP contribution in [0.15, 0.2) is 24.3 Å². The van der Waals surface area contributed by atoms with Crippen LogP contribution in [0.5, 0.6) is 5.75 Å². The number of ether oxygens (including phenoxy) is 1. The van der Waals surface area contributed by atoms with Crippen LogP contribution in [0.25, 0.3) is 0 Å². The van der Waals surface area contributed by atoms with Gasteiger partial charge in [0, 0.05) is 19.1 Å².